The third kappa shape index (κ3) is 5.08. The molecule has 3 aliphatic heterocycles. The summed E-state index contributed by atoms with van der Waals surface area (Å²) in [6.45, 7) is 9.53. The second-order valence-corrected chi connectivity index (χ2v) is 10.5. The SMILES string of the molecule is CC(=O)Nc1ccn(C(=O)N2CCC3(CCCN3Cc3ccc(C)cc3N3CCCCC3)CC2)n1. The maximum atomic E-state index is 13.0. The fraction of sp³-hybridized carbons (Fsp3) is 0.593. The molecular formula is C27H38N6O2. The highest BCUT2D eigenvalue weighted by Gasteiger charge is 2.44. The number of anilines is 2. The molecule has 5 rings (SSSR count). The van der Waals surface area contributed by atoms with E-state index in [4.69, 9.17) is 0 Å². The first kappa shape index (κ1) is 23.9. The highest BCUT2D eigenvalue weighted by Crippen LogP contribution is 2.40. The zero-order valence-electron chi connectivity index (χ0n) is 21.1. The van der Waals surface area contributed by atoms with Gasteiger partial charge in [0, 0.05) is 63.1 Å². The van der Waals surface area contributed by atoms with Crippen molar-refractivity contribution >= 4 is 23.4 Å². The standard InChI is InChI=1S/C27H38N6O2/c1-21-7-8-23(24(19-21)30-13-4-3-5-14-30)20-32-15-6-10-27(32)11-17-31(18-12-27)26(35)33-16-9-25(29-33)28-22(2)34/h7-9,16,19H,3-6,10-15,17-18,20H2,1-2H3,(H,28,29,34). The number of piperidine rings is 2. The second-order valence-electron chi connectivity index (χ2n) is 10.5. The Kier molecular flexibility index (Phi) is 6.82. The molecule has 35 heavy (non-hydrogen) atoms. The van der Waals surface area contributed by atoms with E-state index in [0.717, 1.165) is 52.1 Å². The van der Waals surface area contributed by atoms with Gasteiger partial charge >= 0.3 is 6.03 Å². The van der Waals surface area contributed by atoms with Crippen molar-refractivity contribution in [2.75, 3.05) is 42.9 Å². The molecule has 3 fully saturated rings. The first-order chi connectivity index (χ1) is 16.9. The van der Waals surface area contributed by atoms with Crippen molar-refractivity contribution in [2.45, 2.75) is 70.9 Å². The van der Waals surface area contributed by atoms with Crippen LogP contribution in [0.1, 0.15) is 63.0 Å². The zero-order chi connectivity index (χ0) is 24.4. The highest BCUT2D eigenvalue weighted by molar-refractivity contribution is 5.88. The van der Waals surface area contributed by atoms with Crippen LogP contribution in [0.15, 0.2) is 30.5 Å². The fourth-order valence-corrected chi connectivity index (χ4v) is 6.19. The predicted molar refractivity (Wildman–Crippen MR) is 138 cm³/mol. The molecule has 0 aliphatic carbocycles. The van der Waals surface area contributed by atoms with E-state index in [1.165, 1.54) is 60.5 Å². The molecule has 188 valence electrons. The molecule has 1 N–H and O–H groups in total. The summed E-state index contributed by atoms with van der Waals surface area (Å²) in [5.74, 6) is 0.213. The van der Waals surface area contributed by atoms with Gasteiger partial charge in [-0.05, 0) is 75.6 Å². The van der Waals surface area contributed by atoms with Crippen LogP contribution in [0.25, 0.3) is 0 Å². The molecule has 1 aromatic heterocycles. The van der Waals surface area contributed by atoms with E-state index in [9.17, 15) is 9.59 Å². The topological polar surface area (TPSA) is 73.7 Å². The molecule has 4 heterocycles. The third-order valence-corrected chi connectivity index (χ3v) is 8.09. The number of carbonyl (C=O) groups excluding carboxylic acids is 2. The average molecular weight is 479 g/mol. The van der Waals surface area contributed by atoms with Crippen LogP contribution < -0.4 is 10.2 Å². The molecule has 0 atom stereocenters. The van der Waals surface area contributed by atoms with Gasteiger partial charge in [0.05, 0.1) is 0 Å². The van der Waals surface area contributed by atoms with Crippen molar-refractivity contribution in [3.63, 3.8) is 0 Å². The lowest BCUT2D eigenvalue weighted by Crippen LogP contribution is -2.53. The van der Waals surface area contributed by atoms with Gasteiger partial charge in [0.1, 0.15) is 0 Å². The molecule has 0 bridgehead atoms. The Morgan fingerprint density at radius 3 is 2.49 bits per heavy atom. The van der Waals surface area contributed by atoms with Gasteiger partial charge in [0.15, 0.2) is 5.82 Å². The molecule has 3 aliphatic rings. The minimum Gasteiger partial charge on any atom is -0.371 e. The molecule has 8 nitrogen and oxygen atoms in total. The first-order valence-corrected chi connectivity index (χ1v) is 13.2. The van der Waals surface area contributed by atoms with Crippen LogP contribution in [0.2, 0.25) is 0 Å². The summed E-state index contributed by atoms with van der Waals surface area (Å²) in [5, 5.41) is 6.86. The zero-order valence-corrected chi connectivity index (χ0v) is 21.1. The van der Waals surface area contributed by atoms with E-state index in [1.807, 2.05) is 4.90 Å². The summed E-state index contributed by atoms with van der Waals surface area (Å²) in [6.07, 6.45) is 9.94. The quantitative estimate of drug-likeness (QED) is 0.712. The van der Waals surface area contributed by atoms with E-state index < -0.39 is 0 Å². The van der Waals surface area contributed by atoms with Gasteiger partial charge in [0.2, 0.25) is 5.91 Å². The monoisotopic (exact) mass is 478 g/mol. The van der Waals surface area contributed by atoms with Crippen molar-refractivity contribution in [1.29, 1.82) is 0 Å². The van der Waals surface area contributed by atoms with Crippen LogP contribution in [-0.2, 0) is 11.3 Å². The van der Waals surface area contributed by atoms with Gasteiger partial charge in [-0.1, -0.05) is 12.1 Å². The molecule has 2 aromatic rings. The predicted octanol–water partition coefficient (Wildman–Crippen LogP) is 4.24. The summed E-state index contributed by atoms with van der Waals surface area (Å²) in [5.41, 5.74) is 4.37. The Balaban J connectivity index is 1.26. The Bertz CT molecular complexity index is 1070. The lowest BCUT2D eigenvalue weighted by molar-refractivity contribution is -0.114. The Morgan fingerprint density at radius 1 is 0.971 bits per heavy atom. The molecule has 0 saturated carbocycles. The lowest BCUT2D eigenvalue weighted by Gasteiger charge is -2.45. The average Bonchev–Trinajstić information content (AvgIpc) is 3.47. The number of amides is 2. The number of likely N-dealkylation sites (tertiary alicyclic amines) is 2. The Hall–Kier alpha value is -2.87. The van der Waals surface area contributed by atoms with E-state index >= 15 is 0 Å². The second kappa shape index (κ2) is 10.0. The van der Waals surface area contributed by atoms with E-state index in [1.54, 1.807) is 12.3 Å². The van der Waals surface area contributed by atoms with Crippen LogP contribution in [0.5, 0.6) is 0 Å². The number of aryl methyl sites for hydroxylation is 1. The van der Waals surface area contributed by atoms with Gasteiger partial charge in [-0.3, -0.25) is 9.69 Å². The third-order valence-electron chi connectivity index (χ3n) is 8.09. The first-order valence-electron chi connectivity index (χ1n) is 13.2. The van der Waals surface area contributed by atoms with Crippen molar-refractivity contribution in [2.24, 2.45) is 0 Å². The number of carbonyl (C=O) groups is 2. The number of benzene rings is 1. The lowest BCUT2D eigenvalue weighted by atomic mass is 9.84. The molecule has 0 radical (unpaired) electrons. The van der Waals surface area contributed by atoms with Crippen LogP contribution in [0.3, 0.4) is 0 Å². The number of nitrogens with zero attached hydrogens (tertiary/aromatic N) is 5. The summed E-state index contributed by atoms with van der Waals surface area (Å²) < 4.78 is 1.34. The van der Waals surface area contributed by atoms with Crippen LogP contribution >= 0.6 is 0 Å². The van der Waals surface area contributed by atoms with Crippen LogP contribution in [-0.4, -0.2) is 69.8 Å². The van der Waals surface area contributed by atoms with Gasteiger partial charge in [0.25, 0.3) is 0 Å². The molecule has 8 heteroatoms. The number of hydrogen-bond acceptors (Lipinski definition) is 5. The minimum atomic E-state index is -0.194. The molecule has 1 spiro atoms. The molecule has 0 unspecified atom stereocenters. The highest BCUT2D eigenvalue weighted by atomic mass is 16.2. The number of rotatable bonds is 4. The molecular weight excluding hydrogens is 440 g/mol. The molecule has 2 amide bonds. The van der Waals surface area contributed by atoms with Gasteiger partial charge in [-0.2, -0.15) is 4.68 Å². The maximum Gasteiger partial charge on any atom is 0.344 e. The van der Waals surface area contributed by atoms with Gasteiger partial charge in [-0.15, -0.1) is 5.10 Å². The largest absolute Gasteiger partial charge is 0.371 e. The number of hydrogen-bond donors (Lipinski definition) is 1. The number of aromatic nitrogens is 2. The van der Waals surface area contributed by atoms with E-state index in [0.29, 0.717) is 5.82 Å². The minimum absolute atomic E-state index is 0.119. The number of nitrogens with one attached hydrogen (secondary N) is 1. The molecule has 1 aromatic carbocycles. The normalized spacial score (nSPS) is 20.4. The van der Waals surface area contributed by atoms with Gasteiger partial charge in [-0.25, -0.2) is 4.79 Å². The van der Waals surface area contributed by atoms with Gasteiger partial charge < -0.3 is 15.1 Å². The van der Waals surface area contributed by atoms with E-state index in [-0.39, 0.29) is 17.5 Å². The van der Waals surface area contributed by atoms with Crippen molar-refractivity contribution < 1.29 is 9.59 Å². The maximum absolute atomic E-state index is 13.0. The smallest absolute Gasteiger partial charge is 0.344 e. The summed E-state index contributed by atoms with van der Waals surface area (Å²) >= 11 is 0. The Morgan fingerprint density at radius 2 is 1.74 bits per heavy atom. The van der Waals surface area contributed by atoms with Crippen molar-refractivity contribution in [1.82, 2.24) is 19.6 Å². The summed E-state index contributed by atoms with van der Waals surface area (Å²) in [7, 11) is 0. The van der Waals surface area contributed by atoms with E-state index in [2.05, 4.69) is 45.3 Å². The van der Waals surface area contributed by atoms with Crippen LogP contribution in [0, 0.1) is 6.92 Å². The van der Waals surface area contributed by atoms with Crippen molar-refractivity contribution in [3.05, 3.63) is 41.6 Å². The summed E-state index contributed by atoms with van der Waals surface area (Å²) in [6, 6.07) is 8.52. The molecule has 3 saturated heterocycles. The summed E-state index contributed by atoms with van der Waals surface area (Å²) in [4.78, 5) is 31.5. The Labute approximate surface area is 208 Å². The van der Waals surface area contributed by atoms with Crippen molar-refractivity contribution in [3.8, 4) is 0 Å². The van der Waals surface area contributed by atoms with Crippen LogP contribution in [0.4, 0.5) is 16.3 Å². The fourth-order valence-electron chi connectivity index (χ4n) is 6.19.